The molecule has 0 aliphatic heterocycles. The number of aromatic nitrogens is 1. The first-order valence-electron chi connectivity index (χ1n) is 4.90. The van der Waals surface area contributed by atoms with Crippen molar-refractivity contribution < 1.29 is 0 Å². The molecule has 0 atom stereocenters. The van der Waals surface area contributed by atoms with Crippen molar-refractivity contribution in [1.29, 1.82) is 5.26 Å². The van der Waals surface area contributed by atoms with E-state index in [1.807, 2.05) is 18.2 Å². The molecule has 0 aliphatic rings. The molecule has 80 valence electrons. The molecule has 4 heteroatoms. The van der Waals surface area contributed by atoms with Crippen LogP contribution in [-0.4, -0.2) is 4.98 Å². The van der Waals surface area contributed by atoms with Gasteiger partial charge in [-0.05, 0) is 12.0 Å². The van der Waals surface area contributed by atoms with Gasteiger partial charge in [0.05, 0.1) is 0 Å². The molecule has 1 heterocycles. The second kappa shape index (κ2) is 4.65. The molecular formula is C12H9ClN2S. The molecule has 0 N–H and O–H groups in total. The summed E-state index contributed by atoms with van der Waals surface area (Å²) in [7, 11) is 0. The summed E-state index contributed by atoms with van der Waals surface area (Å²) in [5.41, 5.74) is 2.60. The number of nitriles is 1. The average molecular weight is 249 g/mol. The summed E-state index contributed by atoms with van der Waals surface area (Å²) in [6.07, 6.45) is 1.02. The van der Waals surface area contributed by atoms with E-state index in [0.717, 1.165) is 17.0 Å². The quantitative estimate of drug-likeness (QED) is 0.808. The summed E-state index contributed by atoms with van der Waals surface area (Å²) < 4.78 is 0.456. The van der Waals surface area contributed by atoms with Crippen molar-refractivity contribution in [2.75, 3.05) is 0 Å². The predicted molar refractivity (Wildman–Crippen MR) is 66.7 cm³/mol. The first kappa shape index (κ1) is 11.1. The van der Waals surface area contributed by atoms with Crippen molar-refractivity contribution in [3.63, 3.8) is 0 Å². The Hall–Kier alpha value is -1.37. The van der Waals surface area contributed by atoms with Gasteiger partial charge >= 0.3 is 0 Å². The van der Waals surface area contributed by atoms with Crippen LogP contribution in [0.1, 0.15) is 18.2 Å². The van der Waals surface area contributed by atoms with E-state index in [4.69, 9.17) is 16.9 Å². The van der Waals surface area contributed by atoms with Gasteiger partial charge in [-0.25, -0.2) is 4.98 Å². The molecule has 16 heavy (non-hydrogen) atoms. The first-order chi connectivity index (χ1) is 7.74. The number of hydrogen-bond acceptors (Lipinski definition) is 3. The predicted octanol–water partition coefficient (Wildman–Crippen LogP) is 3.90. The van der Waals surface area contributed by atoms with Gasteiger partial charge in [0, 0.05) is 5.56 Å². The van der Waals surface area contributed by atoms with Gasteiger partial charge in [-0.3, -0.25) is 0 Å². The largest absolute Gasteiger partial charge is 0.224 e. The van der Waals surface area contributed by atoms with Crippen molar-refractivity contribution >= 4 is 22.9 Å². The Morgan fingerprint density at radius 2 is 2.06 bits per heavy atom. The van der Waals surface area contributed by atoms with Crippen LogP contribution < -0.4 is 0 Å². The van der Waals surface area contributed by atoms with Crippen molar-refractivity contribution in [3.05, 3.63) is 39.9 Å². The molecule has 0 bridgehead atoms. The van der Waals surface area contributed by atoms with E-state index in [1.165, 1.54) is 16.9 Å². The van der Waals surface area contributed by atoms with E-state index in [1.54, 1.807) is 0 Å². The standard InChI is InChI=1S/C12H9ClN2S/c1-2-8-3-5-9(6-4-8)12-15-10(7-14)11(13)16-12/h3-6H,2H2,1H3. The van der Waals surface area contributed by atoms with Gasteiger partial charge in [0.25, 0.3) is 0 Å². The zero-order valence-corrected chi connectivity index (χ0v) is 10.3. The lowest BCUT2D eigenvalue weighted by atomic mass is 10.1. The third kappa shape index (κ3) is 2.08. The van der Waals surface area contributed by atoms with E-state index >= 15 is 0 Å². The lowest BCUT2D eigenvalue weighted by molar-refractivity contribution is 1.14. The van der Waals surface area contributed by atoms with Gasteiger partial charge in [0.2, 0.25) is 0 Å². The zero-order chi connectivity index (χ0) is 11.5. The molecule has 0 saturated carbocycles. The number of hydrogen-bond donors (Lipinski definition) is 0. The number of halogens is 1. The monoisotopic (exact) mass is 248 g/mol. The van der Waals surface area contributed by atoms with Crippen molar-refractivity contribution in [2.24, 2.45) is 0 Å². The topological polar surface area (TPSA) is 36.7 Å². The maximum atomic E-state index is 8.77. The summed E-state index contributed by atoms with van der Waals surface area (Å²) in [6.45, 7) is 2.11. The fraction of sp³-hybridized carbons (Fsp3) is 0.167. The van der Waals surface area contributed by atoms with E-state index in [0.29, 0.717) is 10.0 Å². The van der Waals surface area contributed by atoms with Crippen LogP contribution in [0.4, 0.5) is 0 Å². The minimum atomic E-state index is 0.307. The normalized spacial score (nSPS) is 10.1. The summed E-state index contributed by atoms with van der Waals surface area (Å²) in [5, 5.41) is 9.57. The summed E-state index contributed by atoms with van der Waals surface area (Å²) >= 11 is 7.22. The third-order valence-corrected chi connectivity index (χ3v) is 3.60. The van der Waals surface area contributed by atoms with Gasteiger partial charge in [0.1, 0.15) is 15.4 Å². The Morgan fingerprint density at radius 3 is 2.56 bits per heavy atom. The van der Waals surface area contributed by atoms with Crippen molar-refractivity contribution in [3.8, 4) is 16.6 Å². The van der Waals surface area contributed by atoms with Crippen molar-refractivity contribution in [2.45, 2.75) is 13.3 Å². The van der Waals surface area contributed by atoms with Gasteiger partial charge < -0.3 is 0 Å². The third-order valence-electron chi connectivity index (χ3n) is 2.30. The Balaban J connectivity index is 2.39. The minimum Gasteiger partial charge on any atom is -0.224 e. The molecule has 0 amide bonds. The fourth-order valence-electron chi connectivity index (χ4n) is 1.38. The van der Waals surface area contributed by atoms with Crippen LogP contribution in [0.5, 0.6) is 0 Å². The Morgan fingerprint density at radius 1 is 1.38 bits per heavy atom. The van der Waals surface area contributed by atoms with Gasteiger partial charge in [-0.15, -0.1) is 11.3 Å². The van der Waals surface area contributed by atoms with E-state index in [2.05, 4.69) is 24.0 Å². The van der Waals surface area contributed by atoms with Gasteiger partial charge in [-0.1, -0.05) is 42.8 Å². The highest BCUT2D eigenvalue weighted by atomic mass is 35.5. The van der Waals surface area contributed by atoms with Gasteiger partial charge in [-0.2, -0.15) is 5.26 Å². The number of nitrogens with zero attached hydrogens (tertiary/aromatic N) is 2. The van der Waals surface area contributed by atoms with Crippen LogP contribution in [0.3, 0.4) is 0 Å². The Labute approximate surface area is 103 Å². The first-order valence-corrected chi connectivity index (χ1v) is 6.09. The molecule has 0 saturated heterocycles. The SMILES string of the molecule is CCc1ccc(-c2nc(C#N)c(Cl)s2)cc1. The molecule has 0 aliphatic carbocycles. The smallest absolute Gasteiger partial charge is 0.170 e. The molecule has 0 radical (unpaired) electrons. The molecule has 2 nitrogen and oxygen atoms in total. The summed E-state index contributed by atoms with van der Waals surface area (Å²) in [4.78, 5) is 4.18. The summed E-state index contributed by atoms with van der Waals surface area (Å²) in [6, 6.07) is 10.1. The number of aryl methyl sites for hydroxylation is 1. The van der Waals surface area contributed by atoms with Crippen LogP contribution in [0.2, 0.25) is 4.34 Å². The van der Waals surface area contributed by atoms with Crippen LogP contribution in [-0.2, 0) is 6.42 Å². The van der Waals surface area contributed by atoms with Gasteiger partial charge in [0.15, 0.2) is 5.69 Å². The molecule has 2 aromatic rings. The Bertz CT molecular complexity index is 537. The second-order valence-electron chi connectivity index (χ2n) is 3.30. The molecule has 2 rings (SSSR count). The minimum absolute atomic E-state index is 0.307. The van der Waals surface area contributed by atoms with E-state index in [-0.39, 0.29) is 0 Å². The average Bonchev–Trinajstić information content (AvgIpc) is 2.71. The van der Waals surface area contributed by atoms with E-state index < -0.39 is 0 Å². The lowest BCUT2D eigenvalue weighted by Gasteiger charge is -1.98. The molecule has 1 aromatic carbocycles. The summed E-state index contributed by atoms with van der Waals surface area (Å²) in [5.74, 6) is 0. The molecule has 0 spiro atoms. The van der Waals surface area contributed by atoms with Crippen molar-refractivity contribution in [1.82, 2.24) is 4.98 Å². The molecule has 0 unspecified atom stereocenters. The zero-order valence-electron chi connectivity index (χ0n) is 8.70. The fourth-order valence-corrected chi connectivity index (χ4v) is 2.43. The van der Waals surface area contributed by atoms with Crippen LogP contribution in [0.25, 0.3) is 10.6 Å². The van der Waals surface area contributed by atoms with Crippen LogP contribution in [0, 0.1) is 11.3 Å². The lowest BCUT2D eigenvalue weighted by Crippen LogP contribution is -1.81. The van der Waals surface area contributed by atoms with E-state index in [9.17, 15) is 0 Å². The molecular weight excluding hydrogens is 240 g/mol. The maximum absolute atomic E-state index is 8.77. The second-order valence-corrected chi connectivity index (χ2v) is 4.90. The highest BCUT2D eigenvalue weighted by Gasteiger charge is 2.09. The van der Waals surface area contributed by atoms with Crippen LogP contribution >= 0.6 is 22.9 Å². The number of rotatable bonds is 2. The van der Waals surface area contributed by atoms with Crippen LogP contribution in [0.15, 0.2) is 24.3 Å². The number of benzene rings is 1. The Kier molecular flexibility index (Phi) is 3.23. The highest BCUT2D eigenvalue weighted by Crippen LogP contribution is 2.31. The highest BCUT2D eigenvalue weighted by molar-refractivity contribution is 7.19. The number of thiazole rings is 1. The maximum Gasteiger partial charge on any atom is 0.170 e. The molecule has 1 aromatic heterocycles. The molecule has 0 fully saturated rings.